The van der Waals surface area contributed by atoms with E-state index < -0.39 is 10.8 Å². The molecule has 0 radical (unpaired) electrons. The van der Waals surface area contributed by atoms with Crippen molar-refractivity contribution < 1.29 is 14.3 Å². The summed E-state index contributed by atoms with van der Waals surface area (Å²) in [4.78, 5) is 22.5. The summed E-state index contributed by atoms with van der Waals surface area (Å²) < 4.78 is 3.21. The molecule has 0 aromatic carbocycles. The van der Waals surface area contributed by atoms with Gasteiger partial charge in [0.25, 0.3) is 0 Å². The van der Waals surface area contributed by atoms with Gasteiger partial charge in [-0.15, -0.1) is 0 Å². The van der Waals surface area contributed by atoms with Gasteiger partial charge in [-0.1, -0.05) is 0 Å². The van der Waals surface area contributed by atoms with Crippen LogP contribution in [-0.4, -0.2) is 10.8 Å². The fourth-order valence-corrected chi connectivity index (χ4v) is 0.861. The van der Waals surface area contributed by atoms with Crippen LogP contribution in [0, 0.1) is 0 Å². The average molecular weight is 857 g/mol. The molecule has 0 N–H and O–H groups in total. The van der Waals surface area contributed by atoms with Crippen LogP contribution in [-0.2, 0) is 14.3 Å². The van der Waals surface area contributed by atoms with Crippen molar-refractivity contribution in [1.82, 2.24) is 0 Å². The van der Waals surface area contributed by atoms with E-state index in [1.807, 2.05) is 136 Å². The summed E-state index contributed by atoms with van der Waals surface area (Å²) in [5.41, 5.74) is 0. The Balaban J connectivity index is 4.34. The van der Waals surface area contributed by atoms with Gasteiger partial charge in [-0.2, -0.15) is 0 Å². The zero-order valence-electron chi connectivity index (χ0n) is 5.49. The number of halogens is 6. The topological polar surface area (TPSA) is 43.4 Å². The quantitative estimate of drug-likeness (QED) is 0.183. The van der Waals surface area contributed by atoms with Crippen LogP contribution >= 0.6 is 136 Å². The molecule has 0 spiro atoms. The lowest BCUT2D eigenvalue weighted by Gasteiger charge is -2.14. The first kappa shape index (κ1) is 16.5. The lowest BCUT2D eigenvalue weighted by molar-refractivity contribution is -0.156. The predicted octanol–water partition coefficient (Wildman–Crippen LogP) is 3.97. The summed E-state index contributed by atoms with van der Waals surface area (Å²) in [6.45, 7) is 0. The van der Waals surface area contributed by atoms with Crippen LogP contribution in [0.2, 0.25) is 0 Å². The molecule has 0 aromatic heterocycles. The molecular formula is C4I6O3. The molecule has 0 atom stereocenters. The van der Waals surface area contributed by atoms with Crippen molar-refractivity contribution >= 4 is 147 Å². The first-order valence-corrected chi connectivity index (χ1v) is 8.92. The van der Waals surface area contributed by atoms with Crippen LogP contribution in [0.15, 0.2) is 0 Å². The van der Waals surface area contributed by atoms with E-state index in [2.05, 4.69) is 4.74 Å². The third kappa shape index (κ3) is 7.45. The number of carbonyl (C=O) groups excluding carboxylic acids is 2. The van der Waals surface area contributed by atoms with Crippen LogP contribution in [0.1, 0.15) is 0 Å². The summed E-state index contributed by atoms with van der Waals surface area (Å²) in [5, 5.41) is 0. The molecule has 0 aliphatic rings. The smallest absolute Gasteiger partial charge is 0.350 e. The molecular weight excluding hydrogens is 857 g/mol. The molecule has 0 heterocycles. The number of hydrogen-bond donors (Lipinski definition) is 0. The molecule has 0 saturated heterocycles. The largest absolute Gasteiger partial charge is 0.389 e. The Morgan fingerprint density at radius 2 is 1.00 bits per heavy atom. The normalized spacial score (nSPS) is 12.5. The lowest BCUT2D eigenvalue weighted by atomic mass is 10.7. The van der Waals surface area contributed by atoms with Gasteiger partial charge in [0.15, 0.2) is 0 Å². The predicted molar refractivity (Wildman–Crippen MR) is 101 cm³/mol. The minimum Gasteiger partial charge on any atom is -0.389 e. The van der Waals surface area contributed by atoms with E-state index in [4.69, 9.17) is 0 Å². The zero-order valence-corrected chi connectivity index (χ0v) is 18.4. The van der Waals surface area contributed by atoms with Crippen molar-refractivity contribution in [1.29, 1.82) is 0 Å². The van der Waals surface area contributed by atoms with Gasteiger partial charge >= 0.3 is 11.9 Å². The molecule has 0 rings (SSSR count). The minimum atomic E-state index is -0.724. The Kier molecular flexibility index (Phi) is 8.20. The van der Waals surface area contributed by atoms with E-state index in [1.165, 1.54) is 0 Å². The molecule has 13 heavy (non-hydrogen) atoms. The van der Waals surface area contributed by atoms with E-state index in [0.717, 1.165) is 0 Å². The molecule has 0 aliphatic carbocycles. The van der Waals surface area contributed by atoms with Gasteiger partial charge in [-0.3, -0.25) is 0 Å². The lowest BCUT2D eigenvalue weighted by Crippen LogP contribution is -2.29. The standard InChI is InChI=1S/C4I6O3/c5-3(6,7)1(11)13-2(12)4(8,9)10. The number of ether oxygens (including phenoxy) is 1. The summed E-state index contributed by atoms with van der Waals surface area (Å²) in [6, 6.07) is 0. The molecule has 0 aromatic rings. The summed E-state index contributed by atoms with van der Waals surface area (Å²) >= 11 is 11.4. The fraction of sp³-hybridized carbons (Fsp3) is 0.500. The summed E-state index contributed by atoms with van der Waals surface area (Å²) in [5.74, 6) is -1.07. The second kappa shape index (κ2) is 6.45. The second-order valence-corrected chi connectivity index (χ2v) is 23.8. The molecule has 0 aliphatic heterocycles. The Morgan fingerprint density at radius 1 is 0.769 bits per heavy atom. The number of carbonyl (C=O) groups is 2. The van der Waals surface area contributed by atoms with Crippen molar-refractivity contribution in [3.63, 3.8) is 0 Å². The molecule has 0 saturated carbocycles. The van der Waals surface area contributed by atoms with Gasteiger partial charge in [-0.05, 0) is 136 Å². The van der Waals surface area contributed by atoms with Crippen molar-refractivity contribution in [2.75, 3.05) is 0 Å². The third-order valence-electron chi connectivity index (χ3n) is 0.648. The highest BCUT2D eigenvalue weighted by Crippen LogP contribution is 2.40. The summed E-state index contributed by atoms with van der Waals surface area (Å²) in [7, 11) is 0. The van der Waals surface area contributed by atoms with Crippen LogP contribution in [0.25, 0.3) is 0 Å². The third-order valence-corrected chi connectivity index (χ3v) is 3.29. The molecule has 9 heteroatoms. The van der Waals surface area contributed by atoms with Crippen molar-refractivity contribution in [2.45, 2.75) is -1.13 Å². The highest BCUT2D eigenvalue weighted by atomic mass is 127. The highest BCUT2D eigenvalue weighted by Gasteiger charge is 2.38. The highest BCUT2D eigenvalue weighted by molar-refractivity contribution is 14.3. The second-order valence-electron chi connectivity index (χ2n) is 1.67. The van der Waals surface area contributed by atoms with Gasteiger partial charge in [0, 0.05) is 0 Å². The molecule has 0 unspecified atom stereocenters. The zero-order chi connectivity index (χ0) is 10.9. The number of esters is 2. The SMILES string of the molecule is O=C(OC(=O)C(I)(I)I)C(I)(I)I. The van der Waals surface area contributed by atoms with E-state index in [0.29, 0.717) is 0 Å². The first-order valence-electron chi connectivity index (χ1n) is 2.45. The minimum absolute atomic E-state index is 0.534. The Bertz CT molecular complexity index is 201. The fourth-order valence-electron chi connectivity index (χ4n) is 0.200. The maximum atomic E-state index is 11.2. The van der Waals surface area contributed by atoms with Crippen molar-refractivity contribution in [2.24, 2.45) is 0 Å². The van der Waals surface area contributed by atoms with E-state index in [-0.39, 0.29) is 0 Å². The number of alkyl halides is 6. The van der Waals surface area contributed by atoms with Crippen LogP contribution in [0.4, 0.5) is 0 Å². The molecule has 0 fully saturated rings. The van der Waals surface area contributed by atoms with E-state index in [1.54, 1.807) is 0 Å². The van der Waals surface area contributed by atoms with E-state index in [9.17, 15) is 9.59 Å². The van der Waals surface area contributed by atoms with Crippen molar-refractivity contribution in [3.8, 4) is 0 Å². The molecule has 0 bridgehead atoms. The number of rotatable bonds is 2. The van der Waals surface area contributed by atoms with Crippen molar-refractivity contribution in [3.05, 3.63) is 0 Å². The van der Waals surface area contributed by atoms with Crippen LogP contribution < -0.4 is 0 Å². The first-order chi connectivity index (χ1) is 5.55. The Morgan fingerprint density at radius 3 is 1.15 bits per heavy atom. The van der Waals surface area contributed by atoms with Gasteiger partial charge in [0.1, 0.15) is 0 Å². The van der Waals surface area contributed by atoms with E-state index >= 15 is 0 Å². The Labute approximate surface area is 157 Å². The monoisotopic (exact) mass is 857 g/mol. The maximum absolute atomic E-state index is 11.2. The summed E-state index contributed by atoms with van der Waals surface area (Å²) in [6.07, 6.45) is 0. The maximum Gasteiger partial charge on any atom is 0.350 e. The average Bonchev–Trinajstić information content (AvgIpc) is 1.82. The molecule has 76 valence electrons. The number of hydrogen-bond acceptors (Lipinski definition) is 3. The van der Waals surface area contributed by atoms with Gasteiger partial charge in [0.05, 0.1) is 0 Å². The van der Waals surface area contributed by atoms with Gasteiger partial charge in [-0.25, -0.2) is 9.59 Å². The van der Waals surface area contributed by atoms with Crippen LogP contribution in [0.3, 0.4) is 0 Å². The molecule has 0 amide bonds. The van der Waals surface area contributed by atoms with Gasteiger partial charge < -0.3 is 4.74 Å². The molecule has 3 nitrogen and oxygen atoms in total. The van der Waals surface area contributed by atoms with Crippen LogP contribution in [0.5, 0.6) is 0 Å². The van der Waals surface area contributed by atoms with Gasteiger partial charge in [0.2, 0.25) is -1.13 Å². The Hall–Kier alpha value is 3.52.